The highest BCUT2D eigenvalue weighted by atomic mass is 16.3. The van der Waals surface area contributed by atoms with Gasteiger partial charge in [0.25, 0.3) is 0 Å². The lowest BCUT2D eigenvalue weighted by Gasteiger charge is -2.17. The van der Waals surface area contributed by atoms with Crippen molar-refractivity contribution in [1.29, 1.82) is 0 Å². The molecule has 0 amide bonds. The highest BCUT2D eigenvalue weighted by Crippen LogP contribution is 2.07. The van der Waals surface area contributed by atoms with Gasteiger partial charge in [-0.3, -0.25) is 9.59 Å². The van der Waals surface area contributed by atoms with E-state index < -0.39 is 16.7 Å². The summed E-state index contributed by atoms with van der Waals surface area (Å²) in [7, 11) is 1.53. The van der Waals surface area contributed by atoms with Crippen molar-refractivity contribution >= 4 is 0 Å². The number of hydrogen-bond acceptors (Lipinski definition) is 3. The van der Waals surface area contributed by atoms with Gasteiger partial charge in [-0.2, -0.15) is 0 Å². The Hall–Kier alpha value is -1.36. The van der Waals surface area contributed by atoms with E-state index in [0.717, 1.165) is 0 Å². The Morgan fingerprint density at radius 1 is 1.27 bits per heavy atom. The maximum Gasteiger partial charge on any atom is 0.316 e. The maximum atomic E-state index is 11.5. The summed E-state index contributed by atoms with van der Waals surface area (Å²) in [4.78, 5) is 22.7. The zero-order chi connectivity index (χ0) is 11.6. The third-order valence-corrected chi connectivity index (χ3v) is 2.20. The zero-order valence-corrected chi connectivity index (χ0v) is 9.23. The Morgan fingerprint density at radius 3 is 2.40 bits per heavy atom. The summed E-state index contributed by atoms with van der Waals surface area (Å²) in [6.07, 6.45) is 3.52. The van der Waals surface area contributed by atoms with Gasteiger partial charge in [-0.1, -0.05) is 0 Å². The zero-order valence-electron chi connectivity index (χ0n) is 9.23. The quantitative estimate of drug-likeness (QED) is 0.700. The third kappa shape index (κ3) is 3.06. The van der Waals surface area contributed by atoms with Crippen LogP contribution in [0.1, 0.15) is 20.3 Å². The van der Waals surface area contributed by atoms with Gasteiger partial charge < -0.3 is 14.2 Å². The molecule has 0 fully saturated rings. The second-order valence-corrected chi connectivity index (χ2v) is 4.28. The monoisotopic (exact) mass is 212 g/mol. The highest BCUT2D eigenvalue weighted by molar-refractivity contribution is 4.85. The molecule has 0 aromatic carbocycles. The summed E-state index contributed by atoms with van der Waals surface area (Å²) in [5.74, 6) is 0. The van der Waals surface area contributed by atoms with Crippen LogP contribution in [-0.2, 0) is 13.6 Å². The van der Waals surface area contributed by atoms with E-state index in [-0.39, 0.29) is 0 Å². The molecule has 0 saturated carbocycles. The molecule has 84 valence electrons. The van der Waals surface area contributed by atoms with E-state index in [9.17, 15) is 14.7 Å². The topological polar surface area (TPSA) is 64.2 Å². The summed E-state index contributed by atoms with van der Waals surface area (Å²) in [5, 5.41) is 9.50. The predicted molar refractivity (Wildman–Crippen MR) is 56.9 cm³/mol. The molecule has 0 unspecified atom stereocenters. The molecule has 0 aliphatic heterocycles. The van der Waals surface area contributed by atoms with Crippen molar-refractivity contribution in [2.45, 2.75) is 32.4 Å². The second kappa shape index (κ2) is 4.02. The molecular weight excluding hydrogens is 196 g/mol. The Morgan fingerprint density at radius 2 is 1.87 bits per heavy atom. The van der Waals surface area contributed by atoms with Crippen LogP contribution in [0, 0.1) is 0 Å². The number of rotatable bonds is 3. The summed E-state index contributed by atoms with van der Waals surface area (Å²) in [6.45, 7) is 3.68. The molecule has 0 radical (unpaired) electrons. The van der Waals surface area contributed by atoms with Crippen molar-refractivity contribution in [2.75, 3.05) is 0 Å². The number of hydrogen-bond donors (Lipinski definition) is 1. The average Bonchev–Trinajstić information content (AvgIpc) is 2.12. The number of aromatic nitrogens is 2. The molecule has 1 rings (SSSR count). The van der Waals surface area contributed by atoms with Crippen LogP contribution in [0.4, 0.5) is 0 Å². The van der Waals surface area contributed by atoms with Crippen molar-refractivity contribution in [3.63, 3.8) is 0 Å². The first-order chi connectivity index (χ1) is 6.81. The van der Waals surface area contributed by atoms with Crippen LogP contribution in [0.15, 0.2) is 22.0 Å². The van der Waals surface area contributed by atoms with E-state index in [0.29, 0.717) is 13.0 Å². The molecule has 0 spiro atoms. The van der Waals surface area contributed by atoms with Crippen LogP contribution < -0.4 is 11.1 Å². The van der Waals surface area contributed by atoms with Crippen LogP contribution in [-0.4, -0.2) is 19.8 Å². The van der Waals surface area contributed by atoms with Crippen LogP contribution in [0.2, 0.25) is 0 Å². The average molecular weight is 212 g/mol. The van der Waals surface area contributed by atoms with Gasteiger partial charge in [0.05, 0.1) is 5.60 Å². The van der Waals surface area contributed by atoms with E-state index in [4.69, 9.17) is 0 Å². The van der Waals surface area contributed by atoms with E-state index in [2.05, 4.69) is 0 Å². The van der Waals surface area contributed by atoms with Crippen LogP contribution in [0.5, 0.6) is 0 Å². The lowest BCUT2D eigenvalue weighted by molar-refractivity contribution is 0.0658. The number of nitrogens with zero attached hydrogens (tertiary/aromatic N) is 2. The lowest BCUT2D eigenvalue weighted by atomic mass is 10.1. The predicted octanol–water partition coefficient (Wildman–Crippen LogP) is -0.292. The molecule has 0 bridgehead atoms. The summed E-state index contributed by atoms with van der Waals surface area (Å²) < 4.78 is 2.56. The lowest BCUT2D eigenvalue weighted by Crippen LogP contribution is -2.40. The van der Waals surface area contributed by atoms with Crippen LogP contribution in [0.3, 0.4) is 0 Å². The minimum atomic E-state index is -0.833. The first-order valence-corrected chi connectivity index (χ1v) is 4.80. The van der Waals surface area contributed by atoms with Crippen molar-refractivity contribution in [1.82, 2.24) is 9.13 Å². The van der Waals surface area contributed by atoms with Crippen molar-refractivity contribution in [3.05, 3.63) is 33.1 Å². The Kier molecular flexibility index (Phi) is 3.14. The summed E-state index contributed by atoms with van der Waals surface area (Å²) in [6, 6.07) is 0. The first-order valence-electron chi connectivity index (χ1n) is 4.80. The van der Waals surface area contributed by atoms with Gasteiger partial charge in [0.1, 0.15) is 0 Å². The van der Waals surface area contributed by atoms with Crippen molar-refractivity contribution in [3.8, 4) is 0 Å². The molecule has 1 aromatic rings. The number of aliphatic hydroxyl groups is 1. The standard InChI is InChI=1S/C10H16N2O3/c1-10(2,15)4-5-12-7-6-11(3)8(13)9(12)14/h6-7,15H,4-5H2,1-3H3. The van der Waals surface area contributed by atoms with Gasteiger partial charge in [-0.25, -0.2) is 0 Å². The molecule has 0 atom stereocenters. The molecule has 5 heteroatoms. The molecule has 0 saturated heterocycles. The van der Waals surface area contributed by atoms with Crippen molar-refractivity contribution in [2.24, 2.45) is 7.05 Å². The molecular formula is C10H16N2O3. The maximum absolute atomic E-state index is 11.5. The molecule has 1 heterocycles. The van der Waals surface area contributed by atoms with Gasteiger partial charge in [0, 0.05) is 26.0 Å². The van der Waals surface area contributed by atoms with E-state index >= 15 is 0 Å². The largest absolute Gasteiger partial charge is 0.390 e. The van der Waals surface area contributed by atoms with Gasteiger partial charge >= 0.3 is 11.1 Å². The fourth-order valence-corrected chi connectivity index (χ4v) is 1.16. The summed E-state index contributed by atoms with van der Waals surface area (Å²) >= 11 is 0. The molecule has 5 nitrogen and oxygen atoms in total. The van der Waals surface area contributed by atoms with Crippen LogP contribution >= 0.6 is 0 Å². The van der Waals surface area contributed by atoms with E-state index in [1.165, 1.54) is 22.4 Å². The second-order valence-electron chi connectivity index (χ2n) is 4.28. The first kappa shape index (κ1) is 11.7. The fraction of sp³-hybridized carbons (Fsp3) is 0.600. The SMILES string of the molecule is Cn1ccn(CCC(C)(C)O)c(=O)c1=O. The minimum absolute atomic E-state index is 0.346. The molecule has 1 N–H and O–H groups in total. The molecule has 1 aromatic heterocycles. The third-order valence-electron chi connectivity index (χ3n) is 2.20. The van der Waals surface area contributed by atoms with Gasteiger partial charge in [-0.05, 0) is 20.3 Å². The van der Waals surface area contributed by atoms with Gasteiger partial charge in [-0.15, -0.1) is 0 Å². The van der Waals surface area contributed by atoms with E-state index in [1.807, 2.05) is 0 Å². The molecule has 15 heavy (non-hydrogen) atoms. The summed E-state index contributed by atoms with van der Waals surface area (Å²) in [5.41, 5.74) is -1.93. The molecule has 0 aliphatic carbocycles. The smallest absolute Gasteiger partial charge is 0.316 e. The molecule has 0 aliphatic rings. The van der Waals surface area contributed by atoms with Crippen molar-refractivity contribution < 1.29 is 5.11 Å². The van der Waals surface area contributed by atoms with Crippen LogP contribution in [0.25, 0.3) is 0 Å². The van der Waals surface area contributed by atoms with Gasteiger partial charge in [0.2, 0.25) is 0 Å². The van der Waals surface area contributed by atoms with E-state index in [1.54, 1.807) is 20.0 Å². The highest BCUT2D eigenvalue weighted by Gasteiger charge is 2.13. The normalized spacial score (nSPS) is 11.7. The Labute approximate surface area is 87.6 Å². The number of aryl methyl sites for hydroxylation is 2. The van der Waals surface area contributed by atoms with Gasteiger partial charge in [0.15, 0.2) is 0 Å². The Balaban J connectivity index is 2.94. The minimum Gasteiger partial charge on any atom is -0.390 e. The fourth-order valence-electron chi connectivity index (χ4n) is 1.16. The Bertz CT molecular complexity index is 451.